The van der Waals surface area contributed by atoms with Gasteiger partial charge in [0.25, 0.3) is 0 Å². The molecule has 0 saturated heterocycles. The molecule has 0 aromatic heterocycles. The minimum atomic E-state index is -0.151. The van der Waals surface area contributed by atoms with E-state index in [4.69, 9.17) is 10.5 Å². The van der Waals surface area contributed by atoms with Crippen molar-refractivity contribution in [2.45, 2.75) is 13.3 Å². The zero-order chi connectivity index (χ0) is 15.1. The Kier molecular flexibility index (Phi) is 5.35. The molecular weight excluding hydrogens is 264 g/mol. The average Bonchev–Trinajstić information content (AvgIpc) is 2.45. The van der Waals surface area contributed by atoms with Crippen LogP contribution in [0.5, 0.6) is 0 Å². The summed E-state index contributed by atoms with van der Waals surface area (Å²) in [4.78, 5) is 11.7. The second-order valence-corrected chi connectivity index (χ2v) is 4.92. The first-order valence-electron chi connectivity index (χ1n) is 6.93. The summed E-state index contributed by atoms with van der Waals surface area (Å²) < 4.78 is 5.39. The molecule has 0 radical (unpaired) electrons. The summed E-state index contributed by atoms with van der Waals surface area (Å²) in [7, 11) is 0. The first-order chi connectivity index (χ1) is 10.1. The van der Waals surface area contributed by atoms with E-state index < -0.39 is 0 Å². The number of ether oxygens (including phenoxy) is 1. The van der Waals surface area contributed by atoms with Gasteiger partial charge in [-0.3, -0.25) is 4.79 Å². The van der Waals surface area contributed by atoms with E-state index in [0.29, 0.717) is 13.0 Å². The molecule has 0 heterocycles. The Morgan fingerprint density at radius 3 is 2.76 bits per heavy atom. The van der Waals surface area contributed by atoms with Gasteiger partial charge in [-0.25, -0.2) is 0 Å². The van der Waals surface area contributed by atoms with Crippen LogP contribution in [0.1, 0.15) is 11.1 Å². The van der Waals surface area contributed by atoms with Crippen LogP contribution in [-0.4, -0.2) is 19.1 Å². The van der Waals surface area contributed by atoms with Crippen molar-refractivity contribution in [3.8, 4) is 0 Å². The fourth-order valence-corrected chi connectivity index (χ4v) is 2.03. The fraction of sp³-hybridized carbons (Fsp3) is 0.235. The van der Waals surface area contributed by atoms with E-state index in [9.17, 15) is 4.79 Å². The van der Waals surface area contributed by atoms with Crippen LogP contribution >= 0.6 is 0 Å². The maximum Gasteiger partial charge on any atom is 0.250 e. The van der Waals surface area contributed by atoms with Gasteiger partial charge in [0.1, 0.15) is 6.61 Å². The SMILES string of the molecule is Cc1cccc(NC(=O)COCCc2ccccc2N)c1. The van der Waals surface area contributed by atoms with Gasteiger partial charge in [0.15, 0.2) is 0 Å². The first-order valence-corrected chi connectivity index (χ1v) is 6.93. The Morgan fingerprint density at radius 2 is 2.00 bits per heavy atom. The lowest BCUT2D eigenvalue weighted by atomic mass is 10.1. The van der Waals surface area contributed by atoms with Crippen LogP contribution in [0, 0.1) is 6.92 Å². The topological polar surface area (TPSA) is 64.3 Å². The molecule has 0 unspecified atom stereocenters. The number of amides is 1. The number of aryl methyl sites for hydroxylation is 1. The van der Waals surface area contributed by atoms with Crippen molar-refractivity contribution in [3.63, 3.8) is 0 Å². The van der Waals surface area contributed by atoms with Gasteiger partial charge in [0.05, 0.1) is 6.61 Å². The van der Waals surface area contributed by atoms with Crippen LogP contribution in [0.3, 0.4) is 0 Å². The molecule has 21 heavy (non-hydrogen) atoms. The van der Waals surface area contributed by atoms with Crippen LogP contribution in [0.2, 0.25) is 0 Å². The van der Waals surface area contributed by atoms with Crippen LogP contribution in [0.15, 0.2) is 48.5 Å². The largest absolute Gasteiger partial charge is 0.399 e. The molecule has 110 valence electrons. The summed E-state index contributed by atoms with van der Waals surface area (Å²) in [5.41, 5.74) is 9.53. The summed E-state index contributed by atoms with van der Waals surface area (Å²) in [5, 5.41) is 2.80. The number of para-hydroxylation sites is 1. The molecule has 0 atom stereocenters. The number of hydrogen-bond acceptors (Lipinski definition) is 3. The van der Waals surface area contributed by atoms with Gasteiger partial charge < -0.3 is 15.8 Å². The number of carbonyl (C=O) groups is 1. The monoisotopic (exact) mass is 284 g/mol. The standard InChI is InChI=1S/C17H20N2O2/c1-13-5-4-7-15(11-13)19-17(20)12-21-10-9-14-6-2-3-8-16(14)18/h2-8,11H,9-10,12,18H2,1H3,(H,19,20). The molecule has 2 rings (SSSR count). The second kappa shape index (κ2) is 7.45. The number of nitrogen functional groups attached to an aromatic ring is 1. The minimum Gasteiger partial charge on any atom is -0.399 e. The Balaban J connectivity index is 1.71. The number of nitrogens with two attached hydrogens (primary N) is 1. The zero-order valence-corrected chi connectivity index (χ0v) is 12.1. The van der Waals surface area contributed by atoms with E-state index in [-0.39, 0.29) is 12.5 Å². The fourth-order valence-electron chi connectivity index (χ4n) is 2.03. The predicted octanol–water partition coefficient (Wildman–Crippen LogP) is 2.78. The lowest BCUT2D eigenvalue weighted by Gasteiger charge is -2.08. The highest BCUT2D eigenvalue weighted by Crippen LogP contribution is 2.11. The highest BCUT2D eigenvalue weighted by Gasteiger charge is 2.03. The van der Waals surface area contributed by atoms with Crippen molar-refractivity contribution >= 4 is 17.3 Å². The third kappa shape index (κ3) is 4.93. The van der Waals surface area contributed by atoms with Gasteiger partial charge in [0.2, 0.25) is 5.91 Å². The number of nitrogens with one attached hydrogen (secondary N) is 1. The van der Waals surface area contributed by atoms with Crippen LogP contribution in [0.4, 0.5) is 11.4 Å². The quantitative estimate of drug-likeness (QED) is 0.633. The van der Waals surface area contributed by atoms with E-state index in [1.165, 1.54) is 0 Å². The highest BCUT2D eigenvalue weighted by molar-refractivity contribution is 5.91. The molecule has 1 amide bonds. The van der Waals surface area contributed by atoms with Crippen LogP contribution in [0.25, 0.3) is 0 Å². The maximum atomic E-state index is 11.7. The highest BCUT2D eigenvalue weighted by atomic mass is 16.5. The number of rotatable bonds is 6. The van der Waals surface area contributed by atoms with Crippen molar-refractivity contribution in [2.75, 3.05) is 24.3 Å². The summed E-state index contributed by atoms with van der Waals surface area (Å²) in [6, 6.07) is 15.3. The third-order valence-corrected chi connectivity index (χ3v) is 3.11. The van der Waals surface area contributed by atoms with Crippen molar-refractivity contribution < 1.29 is 9.53 Å². The summed E-state index contributed by atoms with van der Waals surface area (Å²) in [6.45, 7) is 2.49. The molecule has 2 aromatic rings. The van der Waals surface area contributed by atoms with Crippen LogP contribution in [-0.2, 0) is 16.0 Å². The minimum absolute atomic E-state index is 0.0423. The molecule has 0 saturated carbocycles. The van der Waals surface area contributed by atoms with Gasteiger partial charge in [-0.2, -0.15) is 0 Å². The number of benzene rings is 2. The van der Waals surface area contributed by atoms with Crippen molar-refractivity contribution in [1.82, 2.24) is 0 Å². The Hall–Kier alpha value is -2.33. The van der Waals surface area contributed by atoms with Crippen molar-refractivity contribution in [1.29, 1.82) is 0 Å². The van der Waals surface area contributed by atoms with Crippen molar-refractivity contribution in [2.24, 2.45) is 0 Å². The molecular formula is C17H20N2O2. The zero-order valence-electron chi connectivity index (χ0n) is 12.1. The van der Waals surface area contributed by atoms with Crippen molar-refractivity contribution in [3.05, 3.63) is 59.7 Å². The number of hydrogen-bond donors (Lipinski definition) is 2. The Bertz CT molecular complexity index is 611. The average molecular weight is 284 g/mol. The summed E-state index contributed by atoms with van der Waals surface area (Å²) in [5.74, 6) is -0.151. The van der Waals surface area contributed by atoms with E-state index >= 15 is 0 Å². The summed E-state index contributed by atoms with van der Waals surface area (Å²) in [6.07, 6.45) is 0.699. The smallest absolute Gasteiger partial charge is 0.250 e. The normalized spacial score (nSPS) is 10.3. The molecule has 2 aromatic carbocycles. The molecule has 0 bridgehead atoms. The van der Waals surface area contributed by atoms with Crippen LogP contribution < -0.4 is 11.1 Å². The van der Waals surface area contributed by atoms with Gasteiger partial charge in [-0.15, -0.1) is 0 Å². The molecule has 0 aliphatic heterocycles. The maximum absolute atomic E-state index is 11.7. The van der Waals surface area contributed by atoms with Gasteiger partial charge in [-0.1, -0.05) is 30.3 Å². The third-order valence-electron chi connectivity index (χ3n) is 3.11. The van der Waals surface area contributed by atoms with Gasteiger partial charge in [-0.05, 0) is 42.7 Å². The number of anilines is 2. The van der Waals surface area contributed by atoms with Gasteiger partial charge in [0, 0.05) is 11.4 Å². The first kappa shape index (κ1) is 15.1. The molecule has 0 spiro atoms. The molecule has 4 nitrogen and oxygen atoms in total. The molecule has 0 fully saturated rings. The Morgan fingerprint density at radius 1 is 1.19 bits per heavy atom. The Labute approximate surface area is 124 Å². The van der Waals surface area contributed by atoms with E-state index in [1.807, 2.05) is 55.5 Å². The molecule has 0 aliphatic carbocycles. The molecule has 3 N–H and O–H groups in total. The summed E-state index contributed by atoms with van der Waals surface area (Å²) >= 11 is 0. The molecule has 0 aliphatic rings. The lowest BCUT2D eigenvalue weighted by Crippen LogP contribution is -2.19. The van der Waals surface area contributed by atoms with E-state index in [0.717, 1.165) is 22.5 Å². The lowest BCUT2D eigenvalue weighted by molar-refractivity contribution is -0.120. The predicted molar refractivity (Wildman–Crippen MR) is 85.2 cm³/mol. The van der Waals surface area contributed by atoms with Gasteiger partial charge >= 0.3 is 0 Å². The number of carbonyl (C=O) groups excluding carboxylic acids is 1. The van der Waals surface area contributed by atoms with E-state index in [1.54, 1.807) is 0 Å². The second-order valence-electron chi connectivity index (χ2n) is 4.92. The van der Waals surface area contributed by atoms with E-state index in [2.05, 4.69) is 5.32 Å². The molecule has 4 heteroatoms.